The molecule has 1 aliphatic carbocycles. The molecule has 1 atom stereocenters. The minimum Gasteiger partial charge on any atom is -0.461 e. The Hall–Kier alpha value is -1.35. The second kappa shape index (κ2) is 8.18. The summed E-state index contributed by atoms with van der Waals surface area (Å²) in [6, 6.07) is 0. The number of alkyl halides is 1. The molecule has 0 aromatic rings. The Balaban J connectivity index is 2.68. The number of hydrogen-bond donors (Lipinski definition) is 0. The Morgan fingerprint density at radius 1 is 1.48 bits per heavy atom. The standard InChI is InChI=1S/C17H23ClO3/c1-4-10-21-16(20)11-14-8-7-13(12-17(14,2)3)15(19)6-5-9-18/h4,7-8,12,14H,1,5-6,9-11H2,2-3H3. The Kier molecular flexibility index (Phi) is 6.90. The molecule has 0 aromatic carbocycles. The third-order valence-electron chi connectivity index (χ3n) is 3.60. The third kappa shape index (κ3) is 5.50. The Morgan fingerprint density at radius 2 is 2.19 bits per heavy atom. The van der Waals surface area contributed by atoms with Crippen molar-refractivity contribution in [2.75, 3.05) is 12.5 Å². The molecule has 1 unspecified atom stereocenters. The summed E-state index contributed by atoms with van der Waals surface area (Å²) in [5.41, 5.74) is 0.453. The molecule has 0 heterocycles. The van der Waals surface area contributed by atoms with Gasteiger partial charge in [-0.05, 0) is 17.8 Å². The molecule has 1 aliphatic rings. The summed E-state index contributed by atoms with van der Waals surface area (Å²) in [6.07, 6.45) is 8.70. The number of hydrogen-bond acceptors (Lipinski definition) is 3. The lowest BCUT2D eigenvalue weighted by atomic mass is 9.72. The number of ether oxygens (including phenoxy) is 1. The maximum absolute atomic E-state index is 12.0. The SMILES string of the molecule is C=CCOC(=O)CC1C=CC(C(=O)CCCCl)=CC1(C)C. The molecule has 116 valence electrons. The second-order valence-electron chi connectivity index (χ2n) is 5.78. The van der Waals surface area contributed by atoms with E-state index in [0.29, 0.717) is 30.7 Å². The fourth-order valence-electron chi connectivity index (χ4n) is 2.29. The van der Waals surface area contributed by atoms with Crippen molar-refractivity contribution in [1.82, 2.24) is 0 Å². The highest BCUT2D eigenvalue weighted by Gasteiger charge is 2.31. The number of halogens is 1. The van der Waals surface area contributed by atoms with Gasteiger partial charge in [0.05, 0.1) is 6.42 Å². The van der Waals surface area contributed by atoms with Crippen molar-refractivity contribution >= 4 is 23.4 Å². The smallest absolute Gasteiger partial charge is 0.306 e. The van der Waals surface area contributed by atoms with Crippen LogP contribution in [0, 0.1) is 11.3 Å². The first-order valence-corrected chi connectivity index (χ1v) is 7.71. The van der Waals surface area contributed by atoms with Crippen molar-refractivity contribution in [1.29, 1.82) is 0 Å². The zero-order valence-electron chi connectivity index (χ0n) is 12.7. The summed E-state index contributed by atoms with van der Waals surface area (Å²) in [5, 5.41) is 0. The van der Waals surface area contributed by atoms with Crippen molar-refractivity contribution in [2.24, 2.45) is 11.3 Å². The van der Waals surface area contributed by atoms with Crippen LogP contribution in [0.2, 0.25) is 0 Å². The maximum atomic E-state index is 12.0. The lowest BCUT2D eigenvalue weighted by Gasteiger charge is -2.32. The minimum atomic E-state index is -0.256. The van der Waals surface area contributed by atoms with Crippen LogP contribution in [0.5, 0.6) is 0 Å². The zero-order valence-corrected chi connectivity index (χ0v) is 13.5. The van der Waals surface area contributed by atoms with Crippen LogP contribution in [0.1, 0.15) is 33.1 Å². The predicted octanol–water partition coefficient (Wildman–Crippen LogP) is 3.83. The van der Waals surface area contributed by atoms with Crippen molar-refractivity contribution in [3.8, 4) is 0 Å². The van der Waals surface area contributed by atoms with Crippen LogP contribution in [-0.4, -0.2) is 24.2 Å². The molecular formula is C17H23ClO3. The van der Waals surface area contributed by atoms with Gasteiger partial charge in [-0.3, -0.25) is 9.59 Å². The normalized spacial score (nSPS) is 19.8. The molecule has 0 aromatic heterocycles. The molecule has 0 N–H and O–H groups in total. The molecule has 4 heteroatoms. The van der Waals surface area contributed by atoms with Gasteiger partial charge in [0.1, 0.15) is 6.61 Å². The number of allylic oxidation sites excluding steroid dienone is 4. The van der Waals surface area contributed by atoms with Crippen molar-refractivity contribution in [3.05, 3.63) is 36.5 Å². The summed E-state index contributed by atoms with van der Waals surface area (Å²) in [6.45, 7) is 7.79. The second-order valence-corrected chi connectivity index (χ2v) is 6.16. The highest BCUT2D eigenvalue weighted by Crippen LogP contribution is 2.37. The maximum Gasteiger partial charge on any atom is 0.306 e. The van der Waals surface area contributed by atoms with Crippen molar-refractivity contribution in [3.63, 3.8) is 0 Å². The minimum absolute atomic E-state index is 0.0272. The number of rotatable bonds is 8. The molecule has 0 radical (unpaired) electrons. The van der Waals surface area contributed by atoms with Gasteiger partial charge < -0.3 is 4.74 Å². The number of carbonyl (C=O) groups excluding carboxylic acids is 2. The first-order valence-electron chi connectivity index (χ1n) is 7.17. The topological polar surface area (TPSA) is 43.4 Å². The van der Waals surface area contributed by atoms with Gasteiger partial charge in [0, 0.05) is 17.9 Å². The quantitative estimate of drug-likeness (QED) is 0.389. The molecule has 0 saturated heterocycles. The molecule has 0 saturated carbocycles. The highest BCUT2D eigenvalue weighted by molar-refractivity contribution is 6.18. The first kappa shape index (κ1) is 17.7. The van der Waals surface area contributed by atoms with E-state index in [4.69, 9.17) is 16.3 Å². The number of esters is 1. The van der Waals surface area contributed by atoms with E-state index >= 15 is 0 Å². The summed E-state index contributed by atoms with van der Waals surface area (Å²) in [5.74, 6) is 0.374. The summed E-state index contributed by atoms with van der Waals surface area (Å²) >= 11 is 5.61. The zero-order chi connectivity index (χ0) is 15.9. The van der Waals surface area contributed by atoms with Gasteiger partial charge in [-0.25, -0.2) is 0 Å². The molecule has 0 aliphatic heterocycles. The number of ketones is 1. The van der Waals surface area contributed by atoms with Crippen LogP contribution in [0.3, 0.4) is 0 Å². The van der Waals surface area contributed by atoms with Gasteiger partial charge in [-0.15, -0.1) is 11.6 Å². The van der Waals surface area contributed by atoms with Crippen LogP contribution < -0.4 is 0 Å². The van der Waals surface area contributed by atoms with Crippen LogP contribution in [0.4, 0.5) is 0 Å². The lowest BCUT2D eigenvalue weighted by molar-refractivity contribution is -0.143. The van der Waals surface area contributed by atoms with Crippen LogP contribution in [0.15, 0.2) is 36.5 Å². The van der Waals surface area contributed by atoms with Gasteiger partial charge in [0.25, 0.3) is 0 Å². The molecule has 3 nitrogen and oxygen atoms in total. The van der Waals surface area contributed by atoms with Gasteiger partial charge in [-0.1, -0.05) is 44.7 Å². The van der Waals surface area contributed by atoms with E-state index in [-0.39, 0.29) is 29.7 Å². The largest absolute Gasteiger partial charge is 0.461 e. The molecule has 1 rings (SSSR count). The van der Waals surface area contributed by atoms with Gasteiger partial charge >= 0.3 is 5.97 Å². The van der Waals surface area contributed by atoms with Gasteiger partial charge in [0.15, 0.2) is 5.78 Å². The molecule has 0 amide bonds. The Labute approximate surface area is 131 Å². The van der Waals surface area contributed by atoms with E-state index in [1.807, 2.05) is 32.1 Å². The predicted molar refractivity (Wildman–Crippen MR) is 85.2 cm³/mol. The van der Waals surface area contributed by atoms with E-state index in [9.17, 15) is 9.59 Å². The van der Waals surface area contributed by atoms with E-state index < -0.39 is 0 Å². The Morgan fingerprint density at radius 3 is 2.76 bits per heavy atom. The van der Waals surface area contributed by atoms with Crippen LogP contribution in [-0.2, 0) is 14.3 Å². The molecular weight excluding hydrogens is 288 g/mol. The van der Waals surface area contributed by atoms with E-state index in [0.717, 1.165) is 0 Å². The van der Waals surface area contributed by atoms with E-state index in [1.165, 1.54) is 0 Å². The number of carbonyl (C=O) groups is 2. The summed E-state index contributed by atoms with van der Waals surface area (Å²) in [7, 11) is 0. The molecule has 21 heavy (non-hydrogen) atoms. The third-order valence-corrected chi connectivity index (χ3v) is 3.87. The molecule has 0 bridgehead atoms. The van der Waals surface area contributed by atoms with Gasteiger partial charge in [0.2, 0.25) is 0 Å². The van der Waals surface area contributed by atoms with Crippen LogP contribution >= 0.6 is 11.6 Å². The first-order chi connectivity index (χ1) is 9.90. The van der Waals surface area contributed by atoms with Crippen LogP contribution in [0.25, 0.3) is 0 Å². The number of Topliss-reactive ketones (excluding diaryl/α,β-unsaturated/α-hetero) is 1. The van der Waals surface area contributed by atoms with Crippen molar-refractivity contribution in [2.45, 2.75) is 33.1 Å². The average molecular weight is 311 g/mol. The molecule has 0 spiro atoms. The fraction of sp³-hybridized carbons (Fsp3) is 0.529. The Bertz CT molecular complexity index is 461. The van der Waals surface area contributed by atoms with Crippen molar-refractivity contribution < 1.29 is 14.3 Å². The average Bonchev–Trinajstić information content (AvgIpc) is 2.44. The van der Waals surface area contributed by atoms with E-state index in [2.05, 4.69) is 6.58 Å². The van der Waals surface area contributed by atoms with Gasteiger partial charge in [-0.2, -0.15) is 0 Å². The van der Waals surface area contributed by atoms with E-state index in [1.54, 1.807) is 6.08 Å². The molecule has 0 fully saturated rings. The highest BCUT2D eigenvalue weighted by atomic mass is 35.5. The summed E-state index contributed by atoms with van der Waals surface area (Å²) < 4.78 is 5.02. The summed E-state index contributed by atoms with van der Waals surface area (Å²) in [4.78, 5) is 23.7. The fourth-order valence-corrected chi connectivity index (χ4v) is 2.42. The monoisotopic (exact) mass is 310 g/mol. The lowest BCUT2D eigenvalue weighted by Crippen LogP contribution is -2.27.